The smallest absolute Gasteiger partial charge is 0.268 e. The van der Waals surface area contributed by atoms with Gasteiger partial charge in [-0.15, -0.1) is 0 Å². The Balaban J connectivity index is 3.05. The lowest BCUT2D eigenvalue weighted by molar-refractivity contribution is 1.20. The van der Waals surface area contributed by atoms with E-state index in [2.05, 4.69) is 4.98 Å². The highest BCUT2D eigenvalue weighted by atomic mass is 16.1. The molecule has 0 unspecified atom stereocenters. The van der Waals surface area contributed by atoms with E-state index in [0.717, 1.165) is 16.7 Å². The number of nitrogens with two attached hydrogens (primary N) is 1. The van der Waals surface area contributed by atoms with Gasteiger partial charge < -0.3 is 10.7 Å². The van der Waals surface area contributed by atoms with Crippen LogP contribution in [-0.2, 0) is 0 Å². The number of hydrogen-bond acceptors (Lipinski definition) is 4. The first kappa shape index (κ1) is 14.4. The number of nitriles is 2. The van der Waals surface area contributed by atoms with E-state index in [1.807, 2.05) is 45.0 Å². The van der Waals surface area contributed by atoms with Gasteiger partial charge in [0.2, 0.25) is 0 Å². The third-order valence-electron chi connectivity index (χ3n) is 3.40. The number of aromatic nitrogens is 1. The molecule has 0 bridgehead atoms. The molecule has 0 fully saturated rings. The molecule has 2 rings (SSSR count). The number of aromatic amines is 1. The van der Waals surface area contributed by atoms with Crippen LogP contribution >= 0.6 is 0 Å². The van der Waals surface area contributed by atoms with Crippen LogP contribution in [0.1, 0.15) is 27.8 Å². The summed E-state index contributed by atoms with van der Waals surface area (Å²) in [6.45, 7) is 5.73. The van der Waals surface area contributed by atoms with E-state index in [4.69, 9.17) is 5.73 Å². The summed E-state index contributed by atoms with van der Waals surface area (Å²) in [6.07, 6.45) is 0. The first-order valence-corrected chi connectivity index (χ1v) is 6.34. The van der Waals surface area contributed by atoms with E-state index < -0.39 is 5.56 Å². The zero-order valence-corrected chi connectivity index (χ0v) is 12.0. The first-order valence-electron chi connectivity index (χ1n) is 6.34. The Bertz CT molecular complexity index is 856. The number of benzene rings is 1. The molecular weight excluding hydrogens is 264 g/mol. The fourth-order valence-electron chi connectivity index (χ4n) is 2.67. The number of aryl methyl sites for hydroxylation is 3. The second kappa shape index (κ2) is 5.15. The highest BCUT2D eigenvalue weighted by Crippen LogP contribution is 2.33. The molecule has 5 heteroatoms. The zero-order valence-electron chi connectivity index (χ0n) is 12.0. The molecule has 0 aliphatic rings. The lowest BCUT2D eigenvalue weighted by atomic mass is 9.89. The Morgan fingerprint density at radius 2 is 1.52 bits per heavy atom. The van der Waals surface area contributed by atoms with Crippen LogP contribution in [-0.4, -0.2) is 4.98 Å². The molecule has 104 valence electrons. The van der Waals surface area contributed by atoms with Gasteiger partial charge in [-0.1, -0.05) is 17.7 Å². The van der Waals surface area contributed by atoms with Gasteiger partial charge in [-0.05, 0) is 37.5 Å². The van der Waals surface area contributed by atoms with Crippen LogP contribution in [0.2, 0.25) is 0 Å². The summed E-state index contributed by atoms with van der Waals surface area (Å²) in [6, 6.07) is 7.76. The molecule has 0 aliphatic heterocycles. The number of pyridine rings is 1. The van der Waals surface area contributed by atoms with Crippen molar-refractivity contribution in [1.82, 2.24) is 4.98 Å². The number of nitrogens with zero attached hydrogens (tertiary/aromatic N) is 2. The van der Waals surface area contributed by atoms with Gasteiger partial charge in [0.1, 0.15) is 29.1 Å². The van der Waals surface area contributed by atoms with E-state index in [9.17, 15) is 15.3 Å². The number of nitrogen functional groups attached to an aromatic ring is 1. The van der Waals surface area contributed by atoms with Crippen LogP contribution in [0.3, 0.4) is 0 Å². The van der Waals surface area contributed by atoms with Crippen molar-refractivity contribution >= 4 is 5.82 Å². The van der Waals surface area contributed by atoms with Gasteiger partial charge in [-0.2, -0.15) is 10.5 Å². The quantitative estimate of drug-likeness (QED) is 0.834. The number of hydrogen-bond donors (Lipinski definition) is 2. The summed E-state index contributed by atoms with van der Waals surface area (Å²) in [7, 11) is 0. The van der Waals surface area contributed by atoms with Crippen LogP contribution < -0.4 is 11.3 Å². The average Bonchev–Trinajstić information content (AvgIpc) is 2.37. The number of H-pyrrole nitrogens is 1. The van der Waals surface area contributed by atoms with E-state index in [1.54, 1.807) is 0 Å². The fraction of sp³-hybridized carbons (Fsp3) is 0.188. The van der Waals surface area contributed by atoms with Gasteiger partial charge in [-0.25, -0.2) is 0 Å². The fourth-order valence-corrected chi connectivity index (χ4v) is 2.67. The predicted octanol–water partition coefficient (Wildman–Crippen LogP) is 2.29. The maximum Gasteiger partial charge on any atom is 0.268 e. The van der Waals surface area contributed by atoms with E-state index in [0.29, 0.717) is 11.1 Å². The van der Waals surface area contributed by atoms with Crippen molar-refractivity contribution in [2.45, 2.75) is 20.8 Å². The highest BCUT2D eigenvalue weighted by molar-refractivity contribution is 5.83. The van der Waals surface area contributed by atoms with E-state index >= 15 is 0 Å². The summed E-state index contributed by atoms with van der Waals surface area (Å²) < 4.78 is 0. The summed E-state index contributed by atoms with van der Waals surface area (Å²) >= 11 is 0. The van der Waals surface area contributed by atoms with Crippen molar-refractivity contribution in [3.63, 3.8) is 0 Å². The minimum Gasteiger partial charge on any atom is -0.384 e. The van der Waals surface area contributed by atoms with Gasteiger partial charge in [-0.3, -0.25) is 4.79 Å². The molecule has 1 aromatic carbocycles. The van der Waals surface area contributed by atoms with Crippen molar-refractivity contribution in [1.29, 1.82) is 10.5 Å². The summed E-state index contributed by atoms with van der Waals surface area (Å²) in [5.74, 6) is -0.0177. The summed E-state index contributed by atoms with van der Waals surface area (Å²) in [5, 5.41) is 18.6. The Morgan fingerprint density at radius 3 is 2.00 bits per heavy atom. The number of anilines is 1. The lowest BCUT2D eigenvalue weighted by Crippen LogP contribution is -2.17. The van der Waals surface area contributed by atoms with Gasteiger partial charge in [0.25, 0.3) is 5.56 Å². The first-order chi connectivity index (χ1) is 9.90. The molecule has 0 aliphatic carbocycles. The molecule has 0 amide bonds. The van der Waals surface area contributed by atoms with Crippen LogP contribution in [0.4, 0.5) is 5.82 Å². The Labute approximate surface area is 122 Å². The van der Waals surface area contributed by atoms with Crippen molar-refractivity contribution < 1.29 is 0 Å². The Kier molecular flexibility index (Phi) is 3.52. The van der Waals surface area contributed by atoms with Crippen LogP contribution in [0.5, 0.6) is 0 Å². The SMILES string of the molecule is Cc1cc(C)c(-c2c(C#N)c(N)[nH]c(=O)c2C#N)c(C)c1. The van der Waals surface area contributed by atoms with Crippen molar-refractivity contribution in [3.8, 4) is 23.3 Å². The van der Waals surface area contributed by atoms with Crippen LogP contribution in [0.25, 0.3) is 11.1 Å². The maximum atomic E-state index is 12.0. The molecule has 0 radical (unpaired) electrons. The molecule has 0 spiro atoms. The standard InChI is InChI=1S/C16H14N4O/c1-8-4-9(2)13(10(3)5-8)14-11(6-17)15(19)20-16(21)12(14)7-18/h4-5H,1-3H3,(H3,19,20,21). The number of nitrogens with one attached hydrogen (secondary N) is 1. The van der Waals surface area contributed by atoms with E-state index in [1.165, 1.54) is 0 Å². The normalized spacial score (nSPS) is 9.95. The molecule has 1 heterocycles. The maximum absolute atomic E-state index is 12.0. The van der Waals surface area contributed by atoms with Crippen molar-refractivity contribution in [3.05, 3.63) is 50.3 Å². The molecule has 21 heavy (non-hydrogen) atoms. The van der Waals surface area contributed by atoms with E-state index in [-0.39, 0.29) is 16.9 Å². The molecular formula is C16H14N4O. The second-order valence-corrected chi connectivity index (χ2v) is 4.99. The largest absolute Gasteiger partial charge is 0.384 e. The molecule has 0 saturated carbocycles. The van der Waals surface area contributed by atoms with Gasteiger partial charge in [0.15, 0.2) is 0 Å². The van der Waals surface area contributed by atoms with Gasteiger partial charge in [0.05, 0.1) is 0 Å². The minimum atomic E-state index is -0.580. The molecule has 3 N–H and O–H groups in total. The lowest BCUT2D eigenvalue weighted by Gasteiger charge is -2.15. The monoisotopic (exact) mass is 278 g/mol. The van der Waals surface area contributed by atoms with Crippen molar-refractivity contribution in [2.24, 2.45) is 0 Å². The van der Waals surface area contributed by atoms with Gasteiger partial charge >= 0.3 is 0 Å². The number of rotatable bonds is 1. The Morgan fingerprint density at radius 1 is 1.00 bits per heavy atom. The molecule has 0 saturated heterocycles. The summed E-state index contributed by atoms with van der Waals surface area (Å²) in [5.41, 5.74) is 9.09. The predicted molar refractivity (Wildman–Crippen MR) is 80.6 cm³/mol. The highest BCUT2D eigenvalue weighted by Gasteiger charge is 2.20. The van der Waals surface area contributed by atoms with Gasteiger partial charge in [0, 0.05) is 5.56 Å². The molecule has 1 aromatic heterocycles. The zero-order chi connectivity index (χ0) is 15.7. The topological polar surface area (TPSA) is 106 Å². The third-order valence-corrected chi connectivity index (χ3v) is 3.40. The van der Waals surface area contributed by atoms with Crippen LogP contribution in [0, 0.1) is 43.4 Å². The second-order valence-electron chi connectivity index (χ2n) is 4.99. The third kappa shape index (κ3) is 2.26. The van der Waals surface area contributed by atoms with Crippen LogP contribution in [0.15, 0.2) is 16.9 Å². The van der Waals surface area contributed by atoms with Crippen molar-refractivity contribution in [2.75, 3.05) is 5.73 Å². The Hall–Kier alpha value is -3.05. The molecule has 5 nitrogen and oxygen atoms in total. The molecule has 2 aromatic rings. The molecule has 0 atom stereocenters. The minimum absolute atomic E-state index is 0.0177. The summed E-state index contributed by atoms with van der Waals surface area (Å²) in [4.78, 5) is 14.3. The average molecular weight is 278 g/mol.